The molecule has 1 aromatic carbocycles. The molecule has 2 aliphatic rings. The second kappa shape index (κ2) is 9.41. The highest BCUT2D eigenvalue weighted by Gasteiger charge is 2.36. The SMILES string of the molecule is CC(C)(C)CN(C1CCC1)[C@@H](CN)C(=O)Nc1ccc(N2CCOCC2=O)cc1F. The topological polar surface area (TPSA) is 87.9 Å². The fourth-order valence-electron chi connectivity index (χ4n) is 3.93. The molecule has 3 N–H and O–H groups in total. The Hall–Kier alpha value is -2.03. The molecular weight excluding hydrogens is 387 g/mol. The summed E-state index contributed by atoms with van der Waals surface area (Å²) in [6.07, 6.45) is 3.26. The Bertz CT molecular complexity index is 776. The number of nitrogens with one attached hydrogen (secondary N) is 1. The van der Waals surface area contributed by atoms with Crippen LogP contribution in [0.25, 0.3) is 0 Å². The number of amides is 2. The van der Waals surface area contributed by atoms with Gasteiger partial charge in [-0.1, -0.05) is 27.2 Å². The van der Waals surface area contributed by atoms with Crippen molar-refractivity contribution in [3.63, 3.8) is 0 Å². The molecule has 30 heavy (non-hydrogen) atoms. The Morgan fingerprint density at radius 2 is 2.13 bits per heavy atom. The molecule has 166 valence electrons. The minimum Gasteiger partial charge on any atom is -0.370 e. The number of morpholine rings is 1. The molecule has 1 saturated heterocycles. The van der Waals surface area contributed by atoms with Gasteiger partial charge in [-0.15, -0.1) is 0 Å². The number of halogens is 1. The van der Waals surface area contributed by atoms with Crippen LogP contribution in [0.15, 0.2) is 18.2 Å². The van der Waals surface area contributed by atoms with Gasteiger partial charge in [-0.25, -0.2) is 4.39 Å². The summed E-state index contributed by atoms with van der Waals surface area (Å²) < 4.78 is 19.8. The third kappa shape index (κ3) is 5.36. The van der Waals surface area contributed by atoms with Gasteiger partial charge in [0, 0.05) is 31.4 Å². The Balaban J connectivity index is 1.73. The molecule has 3 rings (SSSR count). The molecule has 1 atom stereocenters. The highest BCUT2D eigenvalue weighted by Crippen LogP contribution is 2.30. The molecule has 0 aromatic heterocycles. The summed E-state index contributed by atoms with van der Waals surface area (Å²) in [5.74, 6) is -1.09. The zero-order chi connectivity index (χ0) is 21.9. The molecule has 0 bridgehead atoms. The number of rotatable bonds is 7. The van der Waals surface area contributed by atoms with Crippen molar-refractivity contribution in [1.29, 1.82) is 0 Å². The van der Waals surface area contributed by atoms with Crippen molar-refractivity contribution in [2.24, 2.45) is 11.1 Å². The lowest BCUT2D eigenvalue weighted by molar-refractivity contribution is -0.126. The van der Waals surface area contributed by atoms with E-state index in [4.69, 9.17) is 10.5 Å². The number of carbonyl (C=O) groups excluding carboxylic acids is 2. The number of hydrogen-bond donors (Lipinski definition) is 2. The minimum atomic E-state index is -0.582. The number of carbonyl (C=O) groups is 2. The zero-order valence-corrected chi connectivity index (χ0v) is 18.1. The Labute approximate surface area is 177 Å². The van der Waals surface area contributed by atoms with E-state index in [1.807, 2.05) is 0 Å². The van der Waals surface area contributed by atoms with Crippen LogP contribution in [0.3, 0.4) is 0 Å². The highest BCUT2D eigenvalue weighted by molar-refractivity contribution is 5.97. The lowest BCUT2D eigenvalue weighted by Gasteiger charge is -2.44. The summed E-state index contributed by atoms with van der Waals surface area (Å²) in [6.45, 7) is 8.09. The first-order valence-corrected chi connectivity index (χ1v) is 10.6. The third-order valence-electron chi connectivity index (χ3n) is 5.63. The quantitative estimate of drug-likeness (QED) is 0.707. The van der Waals surface area contributed by atoms with E-state index in [9.17, 15) is 14.0 Å². The average molecular weight is 421 g/mol. The smallest absolute Gasteiger partial charge is 0.253 e. The van der Waals surface area contributed by atoms with Gasteiger partial charge in [0.15, 0.2) is 0 Å². The van der Waals surface area contributed by atoms with Crippen LogP contribution in [0.5, 0.6) is 0 Å². The number of anilines is 2. The van der Waals surface area contributed by atoms with Crippen molar-refractivity contribution >= 4 is 23.2 Å². The van der Waals surface area contributed by atoms with E-state index < -0.39 is 11.9 Å². The molecule has 8 heteroatoms. The van der Waals surface area contributed by atoms with Gasteiger partial charge in [0.1, 0.15) is 18.5 Å². The lowest BCUT2D eigenvalue weighted by atomic mass is 9.86. The van der Waals surface area contributed by atoms with Gasteiger partial charge in [-0.2, -0.15) is 0 Å². The molecule has 0 radical (unpaired) electrons. The molecule has 1 saturated carbocycles. The number of nitrogens with two attached hydrogens (primary N) is 1. The standard InChI is InChI=1S/C22H33FN4O3/c1-22(2,3)14-27(15-5-4-6-15)19(12-24)21(29)25-18-8-7-16(11-17(18)23)26-9-10-30-13-20(26)28/h7-8,11,15,19H,4-6,9-10,12-14,24H2,1-3H3,(H,25,29)/t19-/m0/s1. The maximum atomic E-state index is 14.7. The van der Waals surface area contributed by atoms with E-state index in [0.717, 1.165) is 25.8 Å². The van der Waals surface area contributed by atoms with Crippen LogP contribution in [0, 0.1) is 11.2 Å². The van der Waals surface area contributed by atoms with E-state index in [2.05, 4.69) is 31.0 Å². The Morgan fingerprint density at radius 3 is 2.67 bits per heavy atom. The van der Waals surface area contributed by atoms with Gasteiger partial charge in [-0.05, 0) is 36.5 Å². The first-order chi connectivity index (χ1) is 14.2. The predicted octanol–water partition coefficient (Wildman–Crippen LogP) is 2.36. The van der Waals surface area contributed by atoms with Crippen molar-refractivity contribution in [2.75, 3.05) is 43.1 Å². The normalized spacial score (nSPS) is 19.0. The summed E-state index contributed by atoms with van der Waals surface area (Å²) in [7, 11) is 0. The van der Waals surface area contributed by atoms with E-state index in [0.29, 0.717) is 24.9 Å². The summed E-state index contributed by atoms with van der Waals surface area (Å²) in [5, 5.41) is 2.71. The third-order valence-corrected chi connectivity index (χ3v) is 5.63. The monoisotopic (exact) mass is 420 g/mol. The number of ether oxygens (including phenoxy) is 1. The van der Waals surface area contributed by atoms with Crippen LogP contribution in [-0.4, -0.2) is 61.6 Å². The summed E-state index contributed by atoms with van der Waals surface area (Å²) in [6, 6.07) is 4.22. The molecule has 1 aliphatic heterocycles. The van der Waals surface area contributed by atoms with Gasteiger partial charge in [-0.3, -0.25) is 14.5 Å². The van der Waals surface area contributed by atoms with Crippen molar-refractivity contribution in [2.45, 2.75) is 52.1 Å². The van der Waals surface area contributed by atoms with E-state index in [1.54, 1.807) is 6.07 Å². The lowest BCUT2D eigenvalue weighted by Crippen LogP contribution is -2.57. The molecule has 1 heterocycles. The average Bonchev–Trinajstić information content (AvgIpc) is 2.61. The first kappa shape index (κ1) is 22.7. The van der Waals surface area contributed by atoms with Crippen molar-refractivity contribution in [3.05, 3.63) is 24.0 Å². The molecule has 0 spiro atoms. The maximum Gasteiger partial charge on any atom is 0.253 e. The van der Waals surface area contributed by atoms with E-state index in [1.165, 1.54) is 17.0 Å². The minimum absolute atomic E-state index is 0.0108. The number of benzene rings is 1. The largest absolute Gasteiger partial charge is 0.370 e. The summed E-state index contributed by atoms with van der Waals surface area (Å²) in [4.78, 5) is 28.7. The molecule has 2 amide bonds. The zero-order valence-electron chi connectivity index (χ0n) is 18.1. The van der Waals surface area contributed by atoms with Crippen LogP contribution < -0.4 is 16.0 Å². The van der Waals surface area contributed by atoms with Crippen molar-refractivity contribution in [1.82, 2.24) is 4.90 Å². The molecule has 1 aromatic rings. The van der Waals surface area contributed by atoms with Crippen molar-refractivity contribution in [3.8, 4) is 0 Å². The van der Waals surface area contributed by atoms with Gasteiger partial charge in [0.25, 0.3) is 5.91 Å². The maximum absolute atomic E-state index is 14.7. The van der Waals surface area contributed by atoms with Crippen LogP contribution in [0.2, 0.25) is 0 Å². The van der Waals surface area contributed by atoms with Crippen LogP contribution in [0.1, 0.15) is 40.0 Å². The Kier molecular flexibility index (Phi) is 7.10. The van der Waals surface area contributed by atoms with Crippen LogP contribution in [-0.2, 0) is 14.3 Å². The first-order valence-electron chi connectivity index (χ1n) is 10.6. The van der Waals surface area contributed by atoms with Gasteiger partial charge >= 0.3 is 0 Å². The Morgan fingerprint density at radius 1 is 1.40 bits per heavy atom. The van der Waals surface area contributed by atoms with Gasteiger partial charge in [0.2, 0.25) is 5.91 Å². The molecular formula is C22H33FN4O3. The number of nitrogens with zero attached hydrogens (tertiary/aromatic N) is 2. The second-order valence-corrected chi connectivity index (χ2v) is 9.32. The second-order valence-electron chi connectivity index (χ2n) is 9.32. The predicted molar refractivity (Wildman–Crippen MR) is 115 cm³/mol. The van der Waals surface area contributed by atoms with E-state index in [-0.39, 0.29) is 36.1 Å². The van der Waals surface area contributed by atoms with Gasteiger partial charge < -0.3 is 20.7 Å². The highest BCUT2D eigenvalue weighted by atomic mass is 19.1. The van der Waals surface area contributed by atoms with E-state index >= 15 is 0 Å². The molecule has 2 fully saturated rings. The summed E-state index contributed by atoms with van der Waals surface area (Å²) >= 11 is 0. The fraction of sp³-hybridized carbons (Fsp3) is 0.636. The fourth-order valence-corrected chi connectivity index (χ4v) is 3.93. The summed E-state index contributed by atoms with van der Waals surface area (Å²) in [5.41, 5.74) is 6.55. The number of hydrogen-bond acceptors (Lipinski definition) is 5. The van der Waals surface area contributed by atoms with Crippen molar-refractivity contribution < 1.29 is 18.7 Å². The molecule has 7 nitrogen and oxygen atoms in total. The van der Waals surface area contributed by atoms with Gasteiger partial charge in [0.05, 0.1) is 12.3 Å². The molecule has 1 aliphatic carbocycles. The molecule has 0 unspecified atom stereocenters. The van der Waals surface area contributed by atoms with Crippen LogP contribution >= 0.6 is 0 Å². The van der Waals surface area contributed by atoms with Crippen LogP contribution in [0.4, 0.5) is 15.8 Å².